The Morgan fingerprint density at radius 2 is 1.79 bits per heavy atom. The second-order valence-electron chi connectivity index (χ2n) is 9.37. The number of aryl methyl sites for hydroxylation is 1. The highest BCUT2D eigenvalue weighted by Crippen LogP contribution is 2.44. The predicted molar refractivity (Wildman–Crippen MR) is 154 cm³/mol. The molecule has 0 bridgehead atoms. The summed E-state index contributed by atoms with van der Waals surface area (Å²) in [4.78, 5) is 54.8. The van der Waals surface area contributed by atoms with Crippen LogP contribution in [-0.4, -0.2) is 35.5 Å². The molecule has 10 heteroatoms. The van der Waals surface area contributed by atoms with Crippen LogP contribution in [0.4, 0.5) is 10.7 Å². The van der Waals surface area contributed by atoms with Crippen LogP contribution in [0.25, 0.3) is 0 Å². The van der Waals surface area contributed by atoms with Crippen LogP contribution >= 0.6 is 34.7 Å². The number of esters is 1. The van der Waals surface area contributed by atoms with Gasteiger partial charge in [0, 0.05) is 26.9 Å². The number of anilines is 2. The maximum atomic E-state index is 13.4. The highest BCUT2D eigenvalue weighted by molar-refractivity contribution is 8.00. The van der Waals surface area contributed by atoms with Gasteiger partial charge in [0.05, 0.1) is 23.8 Å². The fourth-order valence-electron chi connectivity index (χ4n) is 4.81. The first-order valence-corrected chi connectivity index (χ1v) is 14.9. The Hall–Kier alpha value is -3.14. The number of benzene rings is 2. The zero-order valence-corrected chi connectivity index (χ0v) is 23.7. The van der Waals surface area contributed by atoms with E-state index in [0.29, 0.717) is 21.3 Å². The first kappa shape index (κ1) is 27.4. The molecule has 5 rings (SSSR count). The van der Waals surface area contributed by atoms with Crippen LogP contribution in [0.3, 0.4) is 0 Å². The molecular weight excluding hydrogens is 556 g/mol. The minimum absolute atomic E-state index is 0.0495. The van der Waals surface area contributed by atoms with Gasteiger partial charge in [-0.1, -0.05) is 23.7 Å². The molecule has 1 aliphatic heterocycles. The van der Waals surface area contributed by atoms with Crippen molar-refractivity contribution in [1.82, 2.24) is 0 Å². The van der Waals surface area contributed by atoms with Crippen molar-refractivity contribution in [2.75, 3.05) is 16.8 Å². The van der Waals surface area contributed by atoms with E-state index in [0.717, 1.165) is 46.6 Å². The van der Waals surface area contributed by atoms with E-state index in [9.17, 15) is 19.2 Å². The molecule has 1 saturated heterocycles. The fourth-order valence-corrected chi connectivity index (χ4v) is 7.38. The zero-order valence-electron chi connectivity index (χ0n) is 21.3. The monoisotopic (exact) mass is 582 g/mol. The Morgan fingerprint density at radius 1 is 1.08 bits per heavy atom. The molecule has 1 aliphatic carbocycles. The summed E-state index contributed by atoms with van der Waals surface area (Å²) in [5, 5.41) is 3.29. The van der Waals surface area contributed by atoms with Crippen LogP contribution < -0.4 is 10.2 Å². The van der Waals surface area contributed by atoms with Gasteiger partial charge in [0.25, 0.3) is 0 Å². The summed E-state index contributed by atoms with van der Waals surface area (Å²) in [6.07, 6.45) is 3.84. The maximum Gasteiger partial charge on any atom is 0.341 e. The second kappa shape index (κ2) is 11.9. The number of fused-ring (bicyclic) bond motifs is 1. The van der Waals surface area contributed by atoms with Crippen molar-refractivity contribution in [3.05, 3.63) is 75.1 Å². The van der Waals surface area contributed by atoms with E-state index in [1.54, 1.807) is 31.2 Å². The van der Waals surface area contributed by atoms with Crippen molar-refractivity contribution in [3.63, 3.8) is 0 Å². The van der Waals surface area contributed by atoms with Gasteiger partial charge in [-0.25, -0.2) is 9.69 Å². The lowest BCUT2D eigenvalue weighted by Crippen LogP contribution is -2.32. The minimum Gasteiger partial charge on any atom is -0.462 e. The quantitative estimate of drug-likeness (QED) is 0.256. The average Bonchev–Trinajstić information content (AvgIpc) is 3.42. The molecule has 39 heavy (non-hydrogen) atoms. The van der Waals surface area contributed by atoms with Crippen molar-refractivity contribution in [2.24, 2.45) is 0 Å². The topological polar surface area (TPSA) is 92.8 Å². The summed E-state index contributed by atoms with van der Waals surface area (Å²) in [5.41, 5.74) is 2.79. The molecule has 1 atom stereocenters. The molecule has 3 amide bonds. The number of carbonyl (C=O) groups is 4. The molecular formula is C29H27ClN2O5S2. The largest absolute Gasteiger partial charge is 0.462 e. The van der Waals surface area contributed by atoms with Crippen LogP contribution in [0, 0.1) is 0 Å². The third-order valence-corrected chi connectivity index (χ3v) is 9.36. The summed E-state index contributed by atoms with van der Waals surface area (Å²) >= 11 is 8.57. The van der Waals surface area contributed by atoms with Gasteiger partial charge < -0.3 is 10.1 Å². The number of thioether (sulfide) groups is 1. The van der Waals surface area contributed by atoms with Crippen LogP contribution in [0.5, 0.6) is 0 Å². The maximum absolute atomic E-state index is 13.4. The van der Waals surface area contributed by atoms with Gasteiger partial charge in [-0.05, 0) is 80.1 Å². The van der Waals surface area contributed by atoms with Gasteiger partial charge in [-0.2, -0.15) is 0 Å². The van der Waals surface area contributed by atoms with E-state index < -0.39 is 11.2 Å². The molecule has 2 aromatic carbocycles. The van der Waals surface area contributed by atoms with Crippen molar-refractivity contribution in [3.8, 4) is 0 Å². The van der Waals surface area contributed by atoms with Crippen molar-refractivity contribution >= 4 is 69.1 Å². The van der Waals surface area contributed by atoms with Crippen molar-refractivity contribution in [2.45, 2.75) is 55.6 Å². The van der Waals surface area contributed by atoms with Gasteiger partial charge in [-0.3, -0.25) is 14.4 Å². The van der Waals surface area contributed by atoms with E-state index in [4.69, 9.17) is 16.3 Å². The van der Waals surface area contributed by atoms with Crippen LogP contribution in [-0.2, 0) is 38.4 Å². The van der Waals surface area contributed by atoms with Crippen LogP contribution in [0.2, 0.25) is 5.02 Å². The molecule has 2 heterocycles. The highest BCUT2D eigenvalue weighted by atomic mass is 35.5. The van der Waals surface area contributed by atoms with Gasteiger partial charge in [0.2, 0.25) is 17.7 Å². The smallest absolute Gasteiger partial charge is 0.341 e. The number of thiophene rings is 1. The molecule has 0 spiro atoms. The molecule has 202 valence electrons. The molecule has 1 aromatic heterocycles. The number of nitrogens with zero attached hydrogens (tertiary/aromatic N) is 1. The lowest BCUT2D eigenvalue weighted by Gasteiger charge is -2.16. The molecule has 7 nitrogen and oxygen atoms in total. The Balaban J connectivity index is 1.26. The minimum atomic E-state index is -0.600. The first-order chi connectivity index (χ1) is 18.8. The predicted octanol–water partition coefficient (Wildman–Crippen LogP) is 6.06. The van der Waals surface area contributed by atoms with Gasteiger partial charge in [-0.15, -0.1) is 23.1 Å². The highest BCUT2D eigenvalue weighted by Gasteiger charge is 2.44. The summed E-state index contributed by atoms with van der Waals surface area (Å²) in [7, 11) is 0. The van der Waals surface area contributed by atoms with E-state index >= 15 is 0 Å². The van der Waals surface area contributed by atoms with E-state index in [-0.39, 0.29) is 37.2 Å². The van der Waals surface area contributed by atoms with Crippen molar-refractivity contribution in [1.29, 1.82) is 0 Å². The van der Waals surface area contributed by atoms with Gasteiger partial charge in [0.1, 0.15) is 5.00 Å². The number of nitrogens with one attached hydrogen (secondary N) is 1. The molecule has 2 aliphatic rings. The van der Waals surface area contributed by atoms with Gasteiger partial charge >= 0.3 is 5.97 Å². The zero-order chi connectivity index (χ0) is 27.5. The first-order valence-electron chi connectivity index (χ1n) is 12.8. The van der Waals surface area contributed by atoms with Gasteiger partial charge in [0.15, 0.2) is 0 Å². The number of hydrogen-bond acceptors (Lipinski definition) is 7. The number of rotatable bonds is 8. The normalized spacial score (nSPS) is 16.8. The molecule has 0 saturated carbocycles. The number of imide groups is 1. The molecule has 0 radical (unpaired) electrons. The lowest BCUT2D eigenvalue weighted by molar-refractivity contribution is -0.121. The summed E-state index contributed by atoms with van der Waals surface area (Å²) in [6, 6.07) is 14.3. The van der Waals surface area contributed by atoms with E-state index in [1.807, 2.05) is 24.3 Å². The Morgan fingerprint density at radius 3 is 2.51 bits per heavy atom. The summed E-state index contributed by atoms with van der Waals surface area (Å²) in [5.74, 6) is -1.26. The SMILES string of the molecule is CCOC(=O)c1c(N2C(=O)C[C@@H](Sc3ccc(NC(=O)Cc4ccc(Cl)cc4)cc3)C2=O)sc2c1CCCC2. The second-order valence-corrected chi connectivity index (χ2v) is 12.2. The average molecular weight is 583 g/mol. The molecule has 1 N–H and O–H groups in total. The molecule has 1 fully saturated rings. The number of halogens is 1. The van der Waals surface area contributed by atoms with Crippen LogP contribution in [0.1, 0.15) is 52.5 Å². The van der Waals surface area contributed by atoms with E-state index in [2.05, 4.69) is 5.32 Å². The van der Waals surface area contributed by atoms with Crippen molar-refractivity contribution < 1.29 is 23.9 Å². The number of hydrogen-bond donors (Lipinski definition) is 1. The Bertz CT molecular complexity index is 1420. The number of carbonyl (C=O) groups excluding carboxylic acids is 4. The van der Waals surface area contributed by atoms with E-state index in [1.165, 1.54) is 28.0 Å². The standard InChI is InChI=1S/C29H27ClN2O5S2/c1-2-37-29(36)26-21-5-3-4-6-22(21)39-28(26)32-25(34)16-23(27(32)35)38-20-13-11-19(12-14-20)31-24(33)15-17-7-9-18(30)10-8-17/h7-14,23H,2-6,15-16H2,1H3,(H,31,33)/t23-/m1/s1. The third kappa shape index (κ3) is 6.05. The lowest BCUT2D eigenvalue weighted by atomic mass is 9.95. The molecule has 3 aromatic rings. The third-order valence-electron chi connectivity index (χ3n) is 6.63. The fraction of sp³-hybridized carbons (Fsp3) is 0.310. The number of amides is 3. The Kier molecular flexibility index (Phi) is 8.40. The molecule has 0 unspecified atom stereocenters. The summed E-state index contributed by atoms with van der Waals surface area (Å²) in [6.45, 7) is 1.96. The number of ether oxygens (including phenoxy) is 1. The van der Waals surface area contributed by atoms with Crippen LogP contribution in [0.15, 0.2) is 53.4 Å². The Labute approximate surface area is 239 Å². The summed E-state index contributed by atoms with van der Waals surface area (Å²) < 4.78 is 5.30.